The van der Waals surface area contributed by atoms with Crippen molar-refractivity contribution in [1.82, 2.24) is 16.0 Å². The van der Waals surface area contributed by atoms with Gasteiger partial charge in [-0.25, -0.2) is 4.79 Å². The van der Waals surface area contributed by atoms with Crippen LogP contribution in [0.25, 0.3) is 0 Å². The van der Waals surface area contributed by atoms with Gasteiger partial charge in [-0.2, -0.15) is 5.26 Å². The van der Waals surface area contributed by atoms with E-state index in [0.29, 0.717) is 18.1 Å². The maximum atomic E-state index is 13.0. The molecule has 1 aliphatic rings. The molecule has 33 heavy (non-hydrogen) atoms. The monoisotopic (exact) mass is 447 g/mol. The van der Waals surface area contributed by atoms with Crippen molar-refractivity contribution in [3.05, 3.63) is 71.3 Å². The number of rotatable bonds is 6. The molecule has 3 N–H and O–H groups in total. The molecule has 0 spiro atoms. The third-order valence-electron chi connectivity index (χ3n) is 6.23. The van der Waals surface area contributed by atoms with Gasteiger partial charge in [0.15, 0.2) is 0 Å². The Morgan fingerprint density at radius 1 is 1.09 bits per heavy atom. The Hall–Kier alpha value is -3.86. The van der Waals surface area contributed by atoms with Gasteiger partial charge in [0.1, 0.15) is 0 Å². The Morgan fingerprint density at radius 2 is 1.73 bits per heavy atom. The molecular formula is C25H29N5O3. The number of carbonyl (C=O) groups excluding carboxylic acids is 2. The van der Waals surface area contributed by atoms with Crippen LogP contribution in [0.15, 0.2) is 59.6 Å². The third kappa shape index (κ3) is 5.69. The summed E-state index contributed by atoms with van der Waals surface area (Å²) >= 11 is 0. The first-order valence-electron chi connectivity index (χ1n) is 10.9. The fraction of sp³-hybridized carbons (Fsp3) is 0.360. The van der Waals surface area contributed by atoms with Crippen molar-refractivity contribution in [2.24, 2.45) is 4.99 Å². The average molecular weight is 448 g/mol. The Balaban J connectivity index is 1.76. The number of hydrogen-bond acceptors (Lipinski definition) is 5. The van der Waals surface area contributed by atoms with Gasteiger partial charge in [0, 0.05) is 25.0 Å². The van der Waals surface area contributed by atoms with Crippen LogP contribution in [0.3, 0.4) is 0 Å². The lowest BCUT2D eigenvalue weighted by atomic mass is 9.68. The van der Waals surface area contributed by atoms with Gasteiger partial charge < -0.3 is 20.7 Å². The van der Waals surface area contributed by atoms with E-state index in [1.807, 2.05) is 18.2 Å². The highest BCUT2D eigenvalue weighted by molar-refractivity contribution is 6.05. The maximum Gasteiger partial charge on any atom is 0.338 e. The minimum absolute atomic E-state index is 0.178. The second kappa shape index (κ2) is 11.1. The molecule has 0 saturated heterocycles. The summed E-state index contributed by atoms with van der Waals surface area (Å²) < 4.78 is 4.82. The van der Waals surface area contributed by atoms with E-state index in [4.69, 9.17) is 10.00 Å². The molecule has 0 atom stereocenters. The smallest absolute Gasteiger partial charge is 0.338 e. The minimum atomic E-state index is -0.538. The van der Waals surface area contributed by atoms with Gasteiger partial charge in [-0.15, -0.1) is 4.99 Å². The first-order chi connectivity index (χ1) is 16.0. The van der Waals surface area contributed by atoms with E-state index in [9.17, 15) is 9.59 Å². The van der Waals surface area contributed by atoms with Gasteiger partial charge in [-0.1, -0.05) is 42.5 Å². The lowest BCUT2D eigenvalue weighted by Crippen LogP contribution is -2.49. The number of methoxy groups -OCH3 is 1. The SMILES string of the molecule is CN/C(=N\C#N)N[C@H]1CC[C@](CNC(=O)c2ccccc2C(=O)OC)(c2ccccc2)CC1. The molecular weight excluding hydrogens is 418 g/mol. The molecule has 0 radical (unpaired) electrons. The lowest BCUT2D eigenvalue weighted by Gasteiger charge is -2.41. The van der Waals surface area contributed by atoms with Crippen LogP contribution < -0.4 is 16.0 Å². The molecule has 8 nitrogen and oxygen atoms in total. The van der Waals surface area contributed by atoms with Gasteiger partial charge in [0.25, 0.3) is 5.91 Å². The number of benzene rings is 2. The first kappa shape index (κ1) is 23.8. The highest BCUT2D eigenvalue weighted by atomic mass is 16.5. The molecule has 1 saturated carbocycles. The van der Waals surface area contributed by atoms with Gasteiger partial charge in [-0.3, -0.25) is 4.79 Å². The highest BCUT2D eigenvalue weighted by Crippen LogP contribution is 2.39. The standard InChI is InChI=1S/C25H29N5O3/c1-27-24(29-17-26)30-19-12-14-25(15-13-19,18-8-4-3-5-9-18)16-28-22(31)20-10-6-7-11-21(20)23(32)33-2/h3-11,19H,12-16H2,1-2H3,(H,28,31)(H2,27,29,30)/t19-,25-. The van der Waals surface area contributed by atoms with E-state index in [1.54, 1.807) is 37.5 Å². The average Bonchev–Trinajstić information content (AvgIpc) is 2.88. The van der Waals surface area contributed by atoms with Crippen LogP contribution in [0, 0.1) is 11.5 Å². The summed E-state index contributed by atoms with van der Waals surface area (Å²) in [5, 5.41) is 18.1. The van der Waals surface area contributed by atoms with Crippen LogP contribution in [0.4, 0.5) is 0 Å². The molecule has 1 amide bonds. The van der Waals surface area contributed by atoms with Crippen molar-refractivity contribution in [2.75, 3.05) is 20.7 Å². The number of guanidine groups is 1. The van der Waals surface area contributed by atoms with Crippen molar-refractivity contribution >= 4 is 17.8 Å². The summed E-state index contributed by atoms with van der Waals surface area (Å²) in [6.45, 7) is 0.448. The zero-order chi connectivity index (χ0) is 23.7. The van der Waals surface area contributed by atoms with Crippen molar-refractivity contribution in [3.63, 3.8) is 0 Å². The van der Waals surface area contributed by atoms with Crippen LogP contribution in [0.5, 0.6) is 0 Å². The number of aliphatic imine (C=N–C) groups is 1. The molecule has 2 aromatic rings. The zero-order valence-electron chi connectivity index (χ0n) is 18.9. The Kier molecular flexibility index (Phi) is 8.03. The molecule has 0 unspecified atom stereocenters. The molecule has 0 aromatic heterocycles. The third-order valence-corrected chi connectivity index (χ3v) is 6.23. The summed E-state index contributed by atoms with van der Waals surface area (Å²) in [6.07, 6.45) is 5.20. The fourth-order valence-electron chi connectivity index (χ4n) is 4.39. The van der Waals surface area contributed by atoms with Crippen LogP contribution in [0.2, 0.25) is 0 Å². The number of esters is 1. The Bertz CT molecular complexity index is 1040. The summed E-state index contributed by atoms with van der Waals surface area (Å²) in [4.78, 5) is 28.9. The normalized spacial score (nSPS) is 20.3. The summed E-state index contributed by atoms with van der Waals surface area (Å²) in [5.41, 5.74) is 1.48. The van der Waals surface area contributed by atoms with Crippen molar-refractivity contribution < 1.29 is 14.3 Å². The summed E-state index contributed by atoms with van der Waals surface area (Å²) in [7, 11) is 3.02. The number of nitrogens with one attached hydrogen (secondary N) is 3. The predicted octanol–water partition coefficient (Wildman–Crippen LogP) is 2.73. The summed E-state index contributed by atoms with van der Waals surface area (Å²) in [5.74, 6) is -0.378. The quantitative estimate of drug-likeness (QED) is 0.271. The van der Waals surface area contributed by atoms with E-state index in [2.05, 4.69) is 33.1 Å². The molecule has 1 fully saturated rings. The van der Waals surface area contributed by atoms with Crippen LogP contribution in [-0.4, -0.2) is 44.6 Å². The number of carbonyl (C=O) groups is 2. The molecule has 3 rings (SSSR count). The maximum absolute atomic E-state index is 13.0. The van der Waals surface area contributed by atoms with Gasteiger partial charge in [0.05, 0.1) is 18.2 Å². The highest BCUT2D eigenvalue weighted by Gasteiger charge is 2.37. The van der Waals surface area contributed by atoms with E-state index in [-0.39, 0.29) is 22.9 Å². The summed E-state index contributed by atoms with van der Waals surface area (Å²) in [6, 6.07) is 17.0. The van der Waals surface area contributed by atoms with E-state index in [0.717, 1.165) is 25.7 Å². The Labute approximate surface area is 194 Å². The van der Waals surface area contributed by atoms with Gasteiger partial charge >= 0.3 is 5.97 Å². The fourth-order valence-corrected chi connectivity index (χ4v) is 4.39. The lowest BCUT2D eigenvalue weighted by molar-refractivity contribution is 0.0596. The second-order valence-corrected chi connectivity index (χ2v) is 8.10. The number of nitriles is 1. The number of hydrogen-bond donors (Lipinski definition) is 3. The molecule has 8 heteroatoms. The van der Waals surface area contributed by atoms with Crippen molar-refractivity contribution in [1.29, 1.82) is 5.26 Å². The molecule has 0 heterocycles. The topological polar surface area (TPSA) is 116 Å². The largest absolute Gasteiger partial charge is 0.465 e. The molecule has 1 aliphatic carbocycles. The van der Waals surface area contributed by atoms with Crippen molar-refractivity contribution in [3.8, 4) is 6.19 Å². The van der Waals surface area contributed by atoms with E-state index < -0.39 is 5.97 Å². The van der Waals surface area contributed by atoms with Gasteiger partial charge in [0.2, 0.25) is 12.2 Å². The van der Waals surface area contributed by atoms with Gasteiger partial charge in [-0.05, 0) is 43.4 Å². The molecule has 0 bridgehead atoms. The number of ether oxygens (including phenoxy) is 1. The second-order valence-electron chi connectivity index (χ2n) is 8.10. The van der Waals surface area contributed by atoms with E-state index >= 15 is 0 Å². The molecule has 0 aliphatic heterocycles. The van der Waals surface area contributed by atoms with Crippen LogP contribution in [-0.2, 0) is 10.2 Å². The minimum Gasteiger partial charge on any atom is -0.465 e. The van der Waals surface area contributed by atoms with Crippen LogP contribution in [0.1, 0.15) is 52.0 Å². The zero-order valence-corrected chi connectivity index (χ0v) is 18.9. The Morgan fingerprint density at radius 3 is 2.33 bits per heavy atom. The van der Waals surface area contributed by atoms with E-state index in [1.165, 1.54) is 12.7 Å². The molecule has 172 valence electrons. The van der Waals surface area contributed by atoms with Crippen molar-refractivity contribution in [2.45, 2.75) is 37.1 Å². The predicted molar refractivity (Wildman–Crippen MR) is 126 cm³/mol. The first-order valence-corrected chi connectivity index (χ1v) is 10.9. The molecule has 2 aromatic carbocycles. The number of nitrogens with zero attached hydrogens (tertiary/aromatic N) is 2. The van der Waals surface area contributed by atoms with Crippen LogP contribution >= 0.6 is 0 Å². The number of amides is 1.